The molecule has 1 aliphatic carbocycles. The van der Waals surface area contributed by atoms with Crippen LogP contribution in [0.25, 0.3) is 0 Å². The lowest BCUT2D eigenvalue weighted by Crippen LogP contribution is -2.52. The van der Waals surface area contributed by atoms with Crippen molar-refractivity contribution >= 4 is 21.7 Å². The van der Waals surface area contributed by atoms with Crippen LogP contribution in [-0.2, 0) is 19.4 Å². The number of amides is 2. The van der Waals surface area contributed by atoms with E-state index >= 15 is 0 Å². The van der Waals surface area contributed by atoms with E-state index in [0.717, 1.165) is 6.42 Å². The van der Waals surface area contributed by atoms with Crippen molar-refractivity contribution in [1.82, 2.24) is 15.1 Å². The molecule has 0 aromatic carbocycles. The molecule has 1 N–H and O–H groups in total. The number of nitrogens with one attached hydrogen (secondary N) is 1. The molecular formula is C15H25N3O4S. The van der Waals surface area contributed by atoms with E-state index in [2.05, 4.69) is 12.2 Å². The average Bonchev–Trinajstić information content (AvgIpc) is 3.12. The van der Waals surface area contributed by atoms with Crippen molar-refractivity contribution in [2.24, 2.45) is 11.8 Å². The number of carbonyl (C=O) groups is 2. The van der Waals surface area contributed by atoms with Gasteiger partial charge in [0.05, 0.1) is 18.1 Å². The quantitative estimate of drug-likeness (QED) is 0.714. The molecule has 0 aromatic rings. The number of hydrogen-bond donors (Lipinski definition) is 1. The van der Waals surface area contributed by atoms with Gasteiger partial charge in [-0.2, -0.15) is 0 Å². The number of rotatable bonds is 4. The molecule has 0 bridgehead atoms. The topological polar surface area (TPSA) is 86.8 Å². The molecule has 2 aliphatic heterocycles. The Bertz CT molecular complexity index is 584. The third-order valence-electron chi connectivity index (χ3n) is 5.08. The standard InChI is InChI=1S/C15H25N3O4S/c1-11-8-13(11)15(20)18-5-3-17(4-6-18)9-14(19)16-12-2-7-23(21,22)10-12/h11-13H,2-10H2,1H3,(H,16,19)/t11-,12-,13-/m1/s1. The highest BCUT2D eigenvalue weighted by Crippen LogP contribution is 2.39. The smallest absolute Gasteiger partial charge is 0.234 e. The van der Waals surface area contributed by atoms with E-state index in [1.165, 1.54) is 0 Å². The van der Waals surface area contributed by atoms with Crippen LogP contribution < -0.4 is 5.32 Å². The summed E-state index contributed by atoms with van der Waals surface area (Å²) in [7, 11) is -2.97. The summed E-state index contributed by atoms with van der Waals surface area (Å²) < 4.78 is 22.8. The van der Waals surface area contributed by atoms with Gasteiger partial charge in [0.1, 0.15) is 0 Å². The summed E-state index contributed by atoms with van der Waals surface area (Å²) in [6.07, 6.45) is 1.52. The summed E-state index contributed by atoms with van der Waals surface area (Å²) in [5.41, 5.74) is 0. The number of piperazine rings is 1. The van der Waals surface area contributed by atoms with Crippen molar-refractivity contribution in [1.29, 1.82) is 0 Å². The largest absolute Gasteiger partial charge is 0.351 e. The summed E-state index contributed by atoms with van der Waals surface area (Å²) in [6, 6.07) is -0.244. The molecule has 3 fully saturated rings. The van der Waals surface area contributed by atoms with Crippen LogP contribution in [-0.4, -0.2) is 80.3 Å². The highest BCUT2D eigenvalue weighted by molar-refractivity contribution is 7.91. The van der Waals surface area contributed by atoms with E-state index < -0.39 is 9.84 Å². The molecule has 7 nitrogen and oxygen atoms in total. The second-order valence-electron chi connectivity index (χ2n) is 7.09. The van der Waals surface area contributed by atoms with Crippen molar-refractivity contribution in [3.8, 4) is 0 Å². The zero-order valence-corrected chi connectivity index (χ0v) is 14.3. The first kappa shape index (κ1) is 16.7. The van der Waals surface area contributed by atoms with Gasteiger partial charge < -0.3 is 10.2 Å². The van der Waals surface area contributed by atoms with Gasteiger partial charge in [0, 0.05) is 38.1 Å². The van der Waals surface area contributed by atoms with Crippen molar-refractivity contribution in [2.45, 2.75) is 25.8 Å². The average molecular weight is 343 g/mol. The molecule has 130 valence electrons. The molecule has 2 saturated heterocycles. The Balaban J connectivity index is 1.38. The van der Waals surface area contributed by atoms with E-state index in [1.54, 1.807) is 0 Å². The van der Waals surface area contributed by atoms with Crippen LogP contribution in [0.5, 0.6) is 0 Å². The van der Waals surface area contributed by atoms with Crippen LogP contribution >= 0.6 is 0 Å². The summed E-state index contributed by atoms with van der Waals surface area (Å²) in [4.78, 5) is 28.1. The number of sulfone groups is 1. The molecule has 0 radical (unpaired) electrons. The van der Waals surface area contributed by atoms with E-state index in [1.807, 2.05) is 9.80 Å². The van der Waals surface area contributed by atoms with E-state index in [4.69, 9.17) is 0 Å². The van der Waals surface area contributed by atoms with Gasteiger partial charge in [-0.15, -0.1) is 0 Å². The monoisotopic (exact) mass is 343 g/mol. The molecule has 0 unspecified atom stereocenters. The maximum Gasteiger partial charge on any atom is 0.234 e. The van der Waals surface area contributed by atoms with Gasteiger partial charge >= 0.3 is 0 Å². The molecule has 0 aromatic heterocycles. The summed E-state index contributed by atoms with van der Waals surface area (Å²) in [5, 5.41) is 2.81. The molecule has 3 atom stereocenters. The van der Waals surface area contributed by atoms with Crippen LogP contribution in [0.2, 0.25) is 0 Å². The predicted octanol–water partition coefficient (Wildman–Crippen LogP) is -0.910. The molecule has 8 heteroatoms. The Morgan fingerprint density at radius 2 is 1.83 bits per heavy atom. The molecular weight excluding hydrogens is 318 g/mol. The third-order valence-corrected chi connectivity index (χ3v) is 6.84. The zero-order chi connectivity index (χ0) is 16.6. The Labute approximate surface area is 137 Å². The fourth-order valence-electron chi connectivity index (χ4n) is 3.41. The van der Waals surface area contributed by atoms with Gasteiger partial charge in [-0.25, -0.2) is 8.42 Å². The Kier molecular flexibility index (Phi) is 4.64. The molecule has 23 heavy (non-hydrogen) atoms. The maximum absolute atomic E-state index is 12.2. The number of carbonyl (C=O) groups excluding carboxylic acids is 2. The van der Waals surface area contributed by atoms with Gasteiger partial charge in [-0.1, -0.05) is 6.92 Å². The first-order valence-corrected chi connectivity index (χ1v) is 10.2. The van der Waals surface area contributed by atoms with Gasteiger partial charge in [0.15, 0.2) is 9.84 Å². The van der Waals surface area contributed by atoms with Crippen LogP contribution in [0, 0.1) is 11.8 Å². The normalized spacial score (nSPS) is 33.4. The molecule has 0 spiro atoms. The van der Waals surface area contributed by atoms with E-state index in [-0.39, 0.29) is 41.8 Å². The van der Waals surface area contributed by atoms with Crippen molar-refractivity contribution in [3.63, 3.8) is 0 Å². The molecule has 2 amide bonds. The lowest BCUT2D eigenvalue weighted by Gasteiger charge is -2.34. The number of hydrogen-bond acceptors (Lipinski definition) is 5. The second kappa shape index (κ2) is 6.39. The fraction of sp³-hybridized carbons (Fsp3) is 0.867. The summed E-state index contributed by atoms with van der Waals surface area (Å²) in [5.74, 6) is 1.10. The Morgan fingerprint density at radius 3 is 2.35 bits per heavy atom. The highest BCUT2D eigenvalue weighted by Gasteiger charge is 2.42. The van der Waals surface area contributed by atoms with E-state index in [9.17, 15) is 18.0 Å². The fourth-order valence-corrected chi connectivity index (χ4v) is 5.09. The zero-order valence-electron chi connectivity index (χ0n) is 13.5. The molecule has 3 aliphatic rings. The second-order valence-corrected chi connectivity index (χ2v) is 9.32. The third kappa shape index (κ3) is 4.23. The van der Waals surface area contributed by atoms with Crippen molar-refractivity contribution in [3.05, 3.63) is 0 Å². The van der Waals surface area contributed by atoms with Crippen molar-refractivity contribution < 1.29 is 18.0 Å². The lowest BCUT2D eigenvalue weighted by molar-refractivity contribution is -0.134. The first-order valence-electron chi connectivity index (χ1n) is 8.35. The van der Waals surface area contributed by atoms with Gasteiger partial charge in [-0.3, -0.25) is 14.5 Å². The predicted molar refractivity (Wildman–Crippen MR) is 85.5 cm³/mol. The van der Waals surface area contributed by atoms with E-state index in [0.29, 0.717) is 38.5 Å². The Hall–Kier alpha value is -1.15. The molecule has 1 saturated carbocycles. The minimum absolute atomic E-state index is 0.0561. The van der Waals surface area contributed by atoms with Crippen LogP contribution in [0.4, 0.5) is 0 Å². The SMILES string of the molecule is C[C@@H]1C[C@H]1C(=O)N1CCN(CC(=O)N[C@@H]2CCS(=O)(=O)C2)CC1. The Morgan fingerprint density at radius 1 is 1.17 bits per heavy atom. The van der Waals surface area contributed by atoms with Crippen LogP contribution in [0.3, 0.4) is 0 Å². The minimum Gasteiger partial charge on any atom is -0.351 e. The lowest BCUT2D eigenvalue weighted by atomic mass is 10.2. The summed E-state index contributed by atoms with van der Waals surface area (Å²) >= 11 is 0. The van der Waals surface area contributed by atoms with Gasteiger partial charge in [-0.05, 0) is 18.8 Å². The summed E-state index contributed by atoms with van der Waals surface area (Å²) in [6.45, 7) is 5.12. The highest BCUT2D eigenvalue weighted by atomic mass is 32.2. The first-order chi connectivity index (χ1) is 10.8. The maximum atomic E-state index is 12.2. The molecule has 2 heterocycles. The van der Waals surface area contributed by atoms with Crippen LogP contribution in [0.15, 0.2) is 0 Å². The van der Waals surface area contributed by atoms with Crippen LogP contribution in [0.1, 0.15) is 19.8 Å². The number of nitrogens with zero attached hydrogens (tertiary/aromatic N) is 2. The van der Waals surface area contributed by atoms with Crippen molar-refractivity contribution in [2.75, 3.05) is 44.2 Å². The van der Waals surface area contributed by atoms with Gasteiger partial charge in [0.25, 0.3) is 0 Å². The minimum atomic E-state index is -2.97. The van der Waals surface area contributed by atoms with Gasteiger partial charge in [0.2, 0.25) is 11.8 Å². The molecule has 3 rings (SSSR count).